The van der Waals surface area contributed by atoms with Crippen LogP contribution in [-0.2, 0) is 0 Å². The first-order valence-electron chi connectivity index (χ1n) is 15.6. The van der Waals surface area contributed by atoms with E-state index in [9.17, 15) is 0 Å². The average molecular weight is 497 g/mol. The van der Waals surface area contributed by atoms with Crippen LogP contribution in [0.5, 0.6) is 11.5 Å². The van der Waals surface area contributed by atoms with Gasteiger partial charge in [-0.1, -0.05) is 142 Å². The maximum atomic E-state index is 6.03. The van der Waals surface area contributed by atoms with E-state index in [0.29, 0.717) is 0 Å². The van der Waals surface area contributed by atoms with E-state index >= 15 is 0 Å². The van der Waals surface area contributed by atoms with Crippen molar-refractivity contribution in [3.05, 3.63) is 36.4 Å². The summed E-state index contributed by atoms with van der Waals surface area (Å²) in [5, 5.41) is 2.45. The molecular formula is C34H56O2. The molecule has 0 spiro atoms. The lowest BCUT2D eigenvalue weighted by Gasteiger charge is -2.10. The van der Waals surface area contributed by atoms with E-state index < -0.39 is 0 Å². The number of fused-ring (bicyclic) bond motifs is 1. The minimum Gasteiger partial charge on any atom is -0.494 e. The normalized spacial score (nSPS) is 11.3. The van der Waals surface area contributed by atoms with Gasteiger partial charge >= 0.3 is 0 Å². The van der Waals surface area contributed by atoms with Crippen molar-refractivity contribution < 1.29 is 9.47 Å². The van der Waals surface area contributed by atoms with Gasteiger partial charge in [-0.3, -0.25) is 0 Å². The molecule has 0 bridgehead atoms. The Labute approximate surface area is 223 Å². The van der Waals surface area contributed by atoms with Crippen molar-refractivity contribution in [2.24, 2.45) is 0 Å². The smallest absolute Gasteiger partial charge is 0.119 e. The van der Waals surface area contributed by atoms with Crippen molar-refractivity contribution in [2.45, 2.75) is 142 Å². The summed E-state index contributed by atoms with van der Waals surface area (Å²) in [6, 6.07) is 12.9. The highest BCUT2D eigenvalue weighted by Gasteiger charge is 2.02. The minimum atomic E-state index is 0.821. The van der Waals surface area contributed by atoms with Gasteiger partial charge in [-0.25, -0.2) is 0 Å². The summed E-state index contributed by atoms with van der Waals surface area (Å²) in [4.78, 5) is 0. The van der Waals surface area contributed by atoms with E-state index in [1.165, 1.54) is 126 Å². The zero-order chi connectivity index (χ0) is 25.5. The molecule has 204 valence electrons. The second-order valence-corrected chi connectivity index (χ2v) is 10.7. The van der Waals surface area contributed by atoms with Crippen molar-refractivity contribution in [3.63, 3.8) is 0 Å². The van der Waals surface area contributed by atoms with Gasteiger partial charge in [-0.15, -0.1) is 0 Å². The Morgan fingerprint density at radius 3 is 1.03 bits per heavy atom. The summed E-state index contributed by atoms with van der Waals surface area (Å²) in [7, 11) is 0. The Hall–Kier alpha value is -1.70. The predicted octanol–water partition coefficient (Wildman–Crippen LogP) is 11.4. The largest absolute Gasteiger partial charge is 0.494 e. The van der Waals surface area contributed by atoms with Crippen molar-refractivity contribution in [3.8, 4) is 11.5 Å². The van der Waals surface area contributed by atoms with Gasteiger partial charge in [-0.05, 0) is 47.9 Å². The van der Waals surface area contributed by atoms with Crippen LogP contribution in [0.15, 0.2) is 36.4 Å². The molecule has 0 atom stereocenters. The Morgan fingerprint density at radius 2 is 0.694 bits per heavy atom. The molecule has 2 nitrogen and oxygen atoms in total. The fraction of sp³-hybridized carbons (Fsp3) is 0.706. The molecule has 0 aliphatic carbocycles. The molecule has 0 aromatic heterocycles. The Balaban J connectivity index is 1.51. The third-order valence-corrected chi connectivity index (χ3v) is 7.32. The fourth-order valence-electron chi connectivity index (χ4n) is 4.94. The molecule has 36 heavy (non-hydrogen) atoms. The van der Waals surface area contributed by atoms with Crippen molar-refractivity contribution >= 4 is 10.8 Å². The molecule has 2 aromatic rings. The van der Waals surface area contributed by atoms with Gasteiger partial charge in [0.2, 0.25) is 0 Å². The van der Waals surface area contributed by atoms with Gasteiger partial charge in [-0.2, -0.15) is 0 Å². The average Bonchev–Trinajstić information content (AvgIpc) is 2.90. The van der Waals surface area contributed by atoms with E-state index in [4.69, 9.17) is 9.47 Å². The topological polar surface area (TPSA) is 18.5 Å². The second kappa shape index (κ2) is 21.4. The van der Waals surface area contributed by atoms with Gasteiger partial charge in [0.15, 0.2) is 0 Å². The van der Waals surface area contributed by atoms with Gasteiger partial charge < -0.3 is 9.47 Å². The van der Waals surface area contributed by atoms with Crippen LogP contribution < -0.4 is 9.47 Å². The molecule has 0 saturated heterocycles. The molecule has 0 N–H and O–H groups in total. The molecule has 0 radical (unpaired) electrons. The number of benzene rings is 2. The summed E-state index contributed by atoms with van der Waals surface area (Å²) < 4.78 is 12.1. The molecule has 2 rings (SSSR count). The first-order chi connectivity index (χ1) is 17.8. The first kappa shape index (κ1) is 30.5. The first-order valence-corrected chi connectivity index (χ1v) is 15.6. The highest BCUT2D eigenvalue weighted by molar-refractivity contribution is 5.85. The van der Waals surface area contributed by atoms with Gasteiger partial charge in [0.1, 0.15) is 11.5 Å². The van der Waals surface area contributed by atoms with Gasteiger partial charge in [0.25, 0.3) is 0 Å². The van der Waals surface area contributed by atoms with Gasteiger partial charge in [0, 0.05) is 0 Å². The lowest BCUT2D eigenvalue weighted by atomic mass is 10.1. The lowest BCUT2D eigenvalue weighted by molar-refractivity contribution is 0.304. The van der Waals surface area contributed by atoms with Crippen LogP contribution in [0.3, 0.4) is 0 Å². The van der Waals surface area contributed by atoms with Crippen molar-refractivity contribution in [1.29, 1.82) is 0 Å². The number of rotatable bonds is 24. The van der Waals surface area contributed by atoms with Crippen LogP contribution in [0.4, 0.5) is 0 Å². The third kappa shape index (κ3) is 14.8. The molecule has 0 aliphatic heterocycles. The maximum absolute atomic E-state index is 6.03. The number of hydrogen-bond acceptors (Lipinski definition) is 2. The molecule has 0 saturated carbocycles. The van der Waals surface area contributed by atoms with Gasteiger partial charge in [0.05, 0.1) is 13.2 Å². The molecule has 0 unspecified atom stereocenters. The maximum Gasteiger partial charge on any atom is 0.119 e. The molecule has 0 fully saturated rings. The van der Waals surface area contributed by atoms with E-state index in [-0.39, 0.29) is 0 Å². The molecular weight excluding hydrogens is 440 g/mol. The Kier molecular flexibility index (Phi) is 18.1. The van der Waals surface area contributed by atoms with Crippen LogP contribution in [0, 0.1) is 0 Å². The Bertz CT molecular complexity index is 704. The SMILES string of the molecule is CCCCCCCCCCCCOc1ccc2cc(OCCCCCCCCCCCC)ccc2c1. The molecule has 0 aliphatic rings. The van der Waals surface area contributed by atoms with Crippen LogP contribution in [-0.4, -0.2) is 13.2 Å². The van der Waals surface area contributed by atoms with E-state index in [1.54, 1.807) is 0 Å². The quantitative estimate of drug-likeness (QED) is 0.134. The predicted molar refractivity (Wildman–Crippen MR) is 159 cm³/mol. The Morgan fingerprint density at radius 1 is 0.389 bits per heavy atom. The summed E-state index contributed by atoms with van der Waals surface area (Å²) >= 11 is 0. The van der Waals surface area contributed by atoms with E-state index in [1.807, 2.05) is 0 Å². The number of ether oxygens (including phenoxy) is 2. The summed E-state index contributed by atoms with van der Waals surface area (Å²) in [6.07, 6.45) is 27.1. The summed E-state index contributed by atoms with van der Waals surface area (Å²) in [5.74, 6) is 1.97. The van der Waals surface area contributed by atoms with Crippen LogP contribution >= 0.6 is 0 Å². The minimum absolute atomic E-state index is 0.821. The summed E-state index contributed by atoms with van der Waals surface area (Å²) in [6.45, 7) is 6.21. The fourth-order valence-corrected chi connectivity index (χ4v) is 4.94. The highest BCUT2D eigenvalue weighted by Crippen LogP contribution is 2.25. The van der Waals surface area contributed by atoms with Crippen LogP contribution in [0.2, 0.25) is 0 Å². The molecule has 0 heterocycles. The zero-order valence-electron chi connectivity index (χ0n) is 23.8. The highest BCUT2D eigenvalue weighted by atomic mass is 16.5. The van der Waals surface area contributed by atoms with E-state index in [2.05, 4.69) is 50.2 Å². The molecule has 2 heteroatoms. The molecule has 0 amide bonds. The molecule has 2 aromatic carbocycles. The third-order valence-electron chi connectivity index (χ3n) is 7.32. The lowest BCUT2D eigenvalue weighted by Crippen LogP contribution is -1.98. The second-order valence-electron chi connectivity index (χ2n) is 10.7. The van der Waals surface area contributed by atoms with Crippen LogP contribution in [0.25, 0.3) is 10.8 Å². The van der Waals surface area contributed by atoms with E-state index in [0.717, 1.165) is 37.6 Å². The van der Waals surface area contributed by atoms with Crippen LogP contribution in [0.1, 0.15) is 142 Å². The number of unbranched alkanes of at least 4 members (excludes halogenated alkanes) is 18. The van der Waals surface area contributed by atoms with Crippen molar-refractivity contribution in [2.75, 3.05) is 13.2 Å². The standard InChI is InChI=1S/C34H56O2/c1-3-5-7-9-11-13-15-17-19-21-27-35-33-25-23-32-30-34(26-24-31(32)29-33)36-28-22-20-18-16-14-12-10-8-6-4-2/h23-26,29-30H,3-22,27-28H2,1-2H3. The summed E-state index contributed by atoms with van der Waals surface area (Å²) in [5.41, 5.74) is 0. The zero-order valence-corrected chi connectivity index (χ0v) is 23.8. The number of hydrogen-bond donors (Lipinski definition) is 0. The van der Waals surface area contributed by atoms with Crippen molar-refractivity contribution in [1.82, 2.24) is 0 Å². The monoisotopic (exact) mass is 496 g/mol.